The van der Waals surface area contributed by atoms with Crippen LogP contribution in [-0.4, -0.2) is 20.4 Å². The van der Waals surface area contributed by atoms with Crippen molar-refractivity contribution in [3.63, 3.8) is 0 Å². The van der Waals surface area contributed by atoms with Crippen LogP contribution in [0.1, 0.15) is 44.1 Å². The zero-order chi connectivity index (χ0) is 13.1. The molecule has 0 bridgehead atoms. The lowest BCUT2D eigenvalue weighted by molar-refractivity contribution is 0.466. The van der Waals surface area contributed by atoms with E-state index in [2.05, 4.69) is 29.5 Å². The van der Waals surface area contributed by atoms with Gasteiger partial charge in [-0.05, 0) is 31.4 Å². The van der Waals surface area contributed by atoms with E-state index in [9.17, 15) is 0 Å². The maximum Gasteiger partial charge on any atom is 0.160 e. The summed E-state index contributed by atoms with van der Waals surface area (Å²) in [4.78, 5) is 9.25. The lowest BCUT2D eigenvalue weighted by Crippen LogP contribution is -2.12. The van der Waals surface area contributed by atoms with Crippen molar-refractivity contribution in [2.75, 3.05) is 5.88 Å². The lowest BCUT2D eigenvalue weighted by Gasteiger charge is -2.17. The zero-order valence-electron chi connectivity index (χ0n) is 11.3. The summed E-state index contributed by atoms with van der Waals surface area (Å²) in [5.74, 6) is 1.66. The van der Waals surface area contributed by atoms with Crippen molar-refractivity contribution in [2.24, 2.45) is 0 Å². The van der Waals surface area contributed by atoms with E-state index in [1.165, 1.54) is 0 Å². The van der Waals surface area contributed by atoms with Gasteiger partial charge in [-0.25, -0.2) is 9.97 Å². The molecule has 0 aliphatic heterocycles. The number of imidazole rings is 1. The summed E-state index contributed by atoms with van der Waals surface area (Å²) < 4.78 is 2.27. The summed E-state index contributed by atoms with van der Waals surface area (Å²) in [6.45, 7) is 6.46. The molecule has 0 fully saturated rings. The zero-order valence-corrected chi connectivity index (χ0v) is 12.0. The van der Waals surface area contributed by atoms with Crippen LogP contribution in [0.4, 0.5) is 0 Å². The summed E-state index contributed by atoms with van der Waals surface area (Å²) in [5, 5.41) is 0. The standard InChI is InChI=1S/C14H20ClN3/c1-4-11(5-2)18-13(6-7-15)17-12-8-10(3)9-16-14(12)18/h8-9,11H,4-7H2,1-3H3. The number of aromatic nitrogens is 3. The molecule has 2 heterocycles. The molecular weight excluding hydrogens is 246 g/mol. The molecule has 98 valence electrons. The Balaban J connectivity index is 2.61. The smallest absolute Gasteiger partial charge is 0.160 e. The van der Waals surface area contributed by atoms with Crippen LogP contribution in [0.5, 0.6) is 0 Å². The third-order valence-electron chi connectivity index (χ3n) is 3.37. The molecule has 0 saturated heterocycles. The van der Waals surface area contributed by atoms with Gasteiger partial charge in [0.1, 0.15) is 11.3 Å². The van der Waals surface area contributed by atoms with E-state index in [0.717, 1.165) is 41.8 Å². The maximum absolute atomic E-state index is 5.88. The Morgan fingerprint density at radius 2 is 2.06 bits per heavy atom. The number of rotatable bonds is 5. The van der Waals surface area contributed by atoms with Crippen LogP contribution in [0, 0.1) is 6.92 Å². The van der Waals surface area contributed by atoms with Crippen molar-refractivity contribution in [2.45, 2.75) is 46.1 Å². The molecule has 2 aromatic rings. The van der Waals surface area contributed by atoms with Crippen LogP contribution in [-0.2, 0) is 6.42 Å². The molecule has 18 heavy (non-hydrogen) atoms. The number of nitrogens with zero attached hydrogens (tertiary/aromatic N) is 3. The van der Waals surface area contributed by atoms with Crippen molar-refractivity contribution < 1.29 is 0 Å². The molecule has 0 aliphatic rings. The number of halogens is 1. The highest BCUT2D eigenvalue weighted by Gasteiger charge is 2.17. The Hall–Kier alpha value is -1.09. The molecule has 0 atom stereocenters. The third-order valence-corrected chi connectivity index (χ3v) is 3.55. The van der Waals surface area contributed by atoms with Crippen LogP contribution in [0.3, 0.4) is 0 Å². The van der Waals surface area contributed by atoms with Crippen LogP contribution in [0.15, 0.2) is 12.3 Å². The molecule has 3 nitrogen and oxygen atoms in total. The Bertz CT molecular complexity index is 529. The van der Waals surface area contributed by atoms with Gasteiger partial charge >= 0.3 is 0 Å². The minimum Gasteiger partial charge on any atom is -0.310 e. The first-order valence-electron chi connectivity index (χ1n) is 6.60. The first-order chi connectivity index (χ1) is 8.71. The predicted molar refractivity (Wildman–Crippen MR) is 76.3 cm³/mol. The number of pyridine rings is 1. The van der Waals surface area contributed by atoms with E-state index in [-0.39, 0.29) is 0 Å². The van der Waals surface area contributed by atoms with Gasteiger partial charge in [-0.2, -0.15) is 0 Å². The topological polar surface area (TPSA) is 30.7 Å². The Morgan fingerprint density at radius 1 is 1.33 bits per heavy atom. The molecular formula is C14H20ClN3. The van der Waals surface area contributed by atoms with Crippen LogP contribution < -0.4 is 0 Å². The second-order valence-electron chi connectivity index (χ2n) is 4.66. The molecule has 0 saturated carbocycles. The molecule has 4 heteroatoms. The molecule has 0 radical (unpaired) electrons. The predicted octanol–water partition coefficient (Wildman–Crippen LogP) is 3.88. The van der Waals surface area contributed by atoms with Gasteiger partial charge in [-0.1, -0.05) is 13.8 Å². The fourth-order valence-corrected chi connectivity index (χ4v) is 2.60. The fourth-order valence-electron chi connectivity index (χ4n) is 2.43. The second-order valence-corrected chi connectivity index (χ2v) is 5.04. The summed E-state index contributed by atoms with van der Waals surface area (Å²) in [7, 11) is 0. The molecule has 0 unspecified atom stereocenters. The molecule has 0 amide bonds. The summed E-state index contributed by atoms with van der Waals surface area (Å²) >= 11 is 5.88. The highest BCUT2D eigenvalue weighted by Crippen LogP contribution is 2.25. The lowest BCUT2D eigenvalue weighted by atomic mass is 10.1. The van der Waals surface area contributed by atoms with E-state index in [0.29, 0.717) is 11.9 Å². The van der Waals surface area contributed by atoms with Crippen molar-refractivity contribution in [1.29, 1.82) is 0 Å². The SMILES string of the molecule is CCC(CC)n1c(CCCl)nc2cc(C)cnc21. The maximum atomic E-state index is 5.88. The van der Waals surface area contributed by atoms with Gasteiger partial charge in [0.25, 0.3) is 0 Å². The molecule has 2 aromatic heterocycles. The first-order valence-corrected chi connectivity index (χ1v) is 7.14. The monoisotopic (exact) mass is 265 g/mol. The van der Waals surface area contributed by atoms with Crippen molar-refractivity contribution in [1.82, 2.24) is 14.5 Å². The Morgan fingerprint density at radius 3 is 2.67 bits per heavy atom. The number of hydrogen-bond donors (Lipinski definition) is 0. The van der Waals surface area contributed by atoms with Crippen molar-refractivity contribution in [3.05, 3.63) is 23.7 Å². The molecule has 0 N–H and O–H groups in total. The number of fused-ring (bicyclic) bond motifs is 1. The average molecular weight is 266 g/mol. The first kappa shape index (κ1) is 13.3. The largest absolute Gasteiger partial charge is 0.310 e. The summed E-state index contributed by atoms with van der Waals surface area (Å²) in [6, 6.07) is 2.56. The fraction of sp³-hybridized carbons (Fsp3) is 0.571. The Kier molecular flexibility index (Phi) is 4.23. The number of hydrogen-bond acceptors (Lipinski definition) is 2. The van der Waals surface area contributed by atoms with Gasteiger partial charge in [-0.3, -0.25) is 0 Å². The normalized spacial score (nSPS) is 11.6. The van der Waals surface area contributed by atoms with Gasteiger partial charge in [0.15, 0.2) is 5.65 Å². The van der Waals surface area contributed by atoms with Crippen molar-refractivity contribution in [3.8, 4) is 0 Å². The van der Waals surface area contributed by atoms with E-state index < -0.39 is 0 Å². The summed E-state index contributed by atoms with van der Waals surface area (Å²) in [6.07, 6.45) is 4.89. The Labute approximate surface area is 113 Å². The van der Waals surface area contributed by atoms with Gasteiger partial charge in [0.05, 0.1) is 0 Å². The molecule has 0 spiro atoms. The van der Waals surface area contributed by atoms with E-state index >= 15 is 0 Å². The minimum atomic E-state index is 0.462. The third kappa shape index (κ3) is 2.37. The minimum absolute atomic E-state index is 0.462. The van der Waals surface area contributed by atoms with Gasteiger partial charge in [-0.15, -0.1) is 11.6 Å². The van der Waals surface area contributed by atoms with E-state index in [1.807, 2.05) is 13.1 Å². The van der Waals surface area contributed by atoms with E-state index in [4.69, 9.17) is 16.6 Å². The second kappa shape index (κ2) is 5.70. The molecule has 0 aromatic carbocycles. The number of aryl methyl sites for hydroxylation is 2. The van der Waals surface area contributed by atoms with Crippen molar-refractivity contribution >= 4 is 22.8 Å². The van der Waals surface area contributed by atoms with Crippen LogP contribution in [0.25, 0.3) is 11.2 Å². The highest BCUT2D eigenvalue weighted by atomic mass is 35.5. The molecule has 2 rings (SSSR count). The van der Waals surface area contributed by atoms with Crippen LogP contribution >= 0.6 is 11.6 Å². The summed E-state index contributed by atoms with van der Waals surface area (Å²) in [5.41, 5.74) is 3.13. The average Bonchev–Trinajstić information content (AvgIpc) is 2.69. The van der Waals surface area contributed by atoms with Gasteiger partial charge < -0.3 is 4.57 Å². The molecule has 0 aliphatic carbocycles. The van der Waals surface area contributed by atoms with E-state index in [1.54, 1.807) is 0 Å². The van der Waals surface area contributed by atoms with Gasteiger partial charge in [0, 0.05) is 24.5 Å². The number of alkyl halides is 1. The van der Waals surface area contributed by atoms with Crippen LogP contribution in [0.2, 0.25) is 0 Å². The quantitative estimate of drug-likeness (QED) is 0.768. The highest BCUT2D eigenvalue weighted by molar-refractivity contribution is 6.17. The van der Waals surface area contributed by atoms with Gasteiger partial charge in [0.2, 0.25) is 0 Å².